The van der Waals surface area contributed by atoms with Gasteiger partial charge in [-0.15, -0.1) is 0 Å². The Hall–Kier alpha value is -3.08. The van der Waals surface area contributed by atoms with Gasteiger partial charge in [0.1, 0.15) is 6.26 Å². The summed E-state index contributed by atoms with van der Waals surface area (Å²) >= 11 is 0. The van der Waals surface area contributed by atoms with Crippen molar-refractivity contribution in [1.82, 2.24) is 0 Å². The minimum atomic E-state index is -0.877. The molecule has 5 heteroatoms. The van der Waals surface area contributed by atoms with Crippen molar-refractivity contribution < 1.29 is 19.1 Å². The highest BCUT2D eigenvalue weighted by atomic mass is 16.4. The number of carbonyl (C=O) groups is 2. The summed E-state index contributed by atoms with van der Waals surface area (Å²) in [6, 6.07) is 9.44. The molecule has 2 aromatic rings. The maximum Gasteiger partial charge on any atom is 0.335 e. The zero-order valence-electron chi connectivity index (χ0n) is 29.7. The van der Waals surface area contributed by atoms with Crippen LogP contribution in [-0.2, 0) is 4.79 Å². The number of rotatable bonds is 5. The smallest absolute Gasteiger partial charge is 0.335 e. The maximum absolute atomic E-state index is 14.6. The van der Waals surface area contributed by atoms with Gasteiger partial charge in [0.15, 0.2) is 0 Å². The van der Waals surface area contributed by atoms with Crippen LogP contribution in [0.2, 0.25) is 0 Å². The Balaban J connectivity index is 1.24. The number of allylic oxidation sites excluding steroid dienone is 3. The quantitative estimate of drug-likeness (QED) is 0.331. The Labute approximate surface area is 281 Å². The van der Waals surface area contributed by atoms with Gasteiger partial charge in [-0.05, 0) is 139 Å². The number of amides is 1. The molecule has 47 heavy (non-hydrogen) atoms. The van der Waals surface area contributed by atoms with Crippen LogP contribution in [-0.4, -0.2) is 24.0 Å². The first-order valence-corrected chi connectivity index (χ1v) is 18.1. The van der Waals surface area contributed by atoms with Crippen molar-refractivity contribution in [3.63, 3.8) is 0 Å². The molecule has 1 aromatic carbocycles. The van der Waals surface area contributed by atoms with Gasteiger partial charge in [-0.2, -0.15) is 0 Å². The van der Waals surface area contributed by atoms with Gasteiger partial charge in [0.2, 0.25) is 5.91 Å². The van der Waals surface area contributed by atoms with Crippen LogP contribution < -0.4 is 4.90 Å². The maximum atomic E-state index is 14.6. The summed E-state index contributed by atoms with van der Waals surface area (Å²) in [5.41, 5.74) is 5.16. The van der Waals surface area contributed by atoms with Gasteiger partial charge in [-0.3, -0.25) is 4.79 Å². The molecule has 7 rings (SSSR count). The largest absolute Gasteiger partial charge is 0.478 e. The summed E-state index contributed by atoms with van der Waals surface area (Å²) in [5, 5.41) is 9.47. The second kappa shape index (κ2) is 10.7. The lowest BCUT2D eigenvalue weighted by atomic mass is 9.32. The first-order valence-electron chi connectivity index (χ1n) is 18.1. The molecule has 0 unspecified atom stereocenters. The molecule has 0 radical (unpaired) electrons. The molecule has 1 N–H and O–H groups in total. The SMILES string of the molecule is C=C(C)[C@@H]1CC[C@]2(C(=O)N(C)c3ccoc3)CC[C@]3(C)[C@H](CC[C@@H]4[C@@]5(C)CC=C(c6ccc(C(=O)O)cc6)C(C)(C)[C@@H]5CC[C@]43C)[C@@H]12. The number of carbonyl (C=O) groups excluding carboxylic acids is 1. The third-order valence-electron chi connectivity index (χ3n) is 15.7. The molecule has 1 aromatic heterocycles. The number of fused-ring (bicyclic) bond motifs is 7. The molecule has 4 fully saturated rings. The summed E-state index contributed by atoms with van der Waals surface area (Å²) in [5.74, 6) is 1.78. The molecule has 5 nitrogen and oxygen atoms in total. The third kappa shape index (κ3) is 4.32. The fourth-order valence-corrected chi connectivity index (χ4v) is 13.3. The lowest BCUT2D eigenvalue weighted by Crippen LogP contribution is -2.66. The third-order valence-corrected chi connectivity index (χ3v) is 15.7. The van der Waals surface area contributed by atoms with E-state index in [2.05, 4.69) is 54.2 Å². The average molecular weight is 638 g/mol. The van der Waals surface area contributed by atoms with Gasteiger partial charge in [0, 0.05) is 13.1 Å². The molecule has 0 spiro atoms. The van der Waals surface area contributed by atoms with E-state index in [0.717, 1.165) is 43.4 Å². The number of carboxylic acids is 1. The summed E-state index contributed by atoms with van der Waals surface area (Å²) in [6.07, 6.45) is 15.8. The molecule has 1 heterocycles. The van der Waals surface area contributed by atoms with Gasteiger partial charge >= 0.3 is 5.97 Å². The van der Waals surface area contributed by atoms with E-state index in [-0.39, 0.29) is 33.0 Å². The van der Waals surface area contributed by atoms with Crippen LogP contribution in [0.3, 0.4) is 0 Å². The van der Waals surface area contributed by atoms with Crippen LogP contribution in [0.25, 0.3) is 5.57 Å². The molecular weight excluding hydrogens is 582 g/mol. The Kier molecular flexibility index (Phi) is 7.40. The van der Waals surface area contributed by atoms with E-state index in [1.165, 1.54) is 36.8 Å². The molecular formula is C42H55NO4. The second-order valence-electron chi connectivity index (χ2n) is 17.6. The van der Waals surface area contributed by atoms with Crippen molar-refractivity contribution >= 4 is 23.1 Å². The molecule has 252 valence electrons. The van der Waals surface area contributed by atoms with E-state index >= 15 is 0 Å². The zero-order valence-corrected chi connectivity index (χ0v) is 29.7. The number of benzene rings is 1. The lowest BCUT2D eigenvalue weighted by molar-refractivity contribution is -0.224. The molecule has 0 saturated heterocycles. The summed E-state index contributed by atoms with van der Waals surface area (Å²) in [6.45, 7) is 19.5. The highest BCUT2D eigenvalue weighted by Gasteiger charge is 2.71. The van der Waals surface area contributed by atoms with E-state index in [4.69, 9.17) is 4.42 Å². The highest BCUT2D eigenvalue weighted by molar-refractivity contribution is 5.97. The van der Waals surface area contributed by atoms with Crippen molar-refractivity contribution in [2.45, 2.75) is 99.3 Å². The van der Waals surface area contributed by atoms with Gasteiger partial charge in [-0.25, -0.2) is 4.79 Å². The van der Waals surface area contributed by atoms with E-state index in [9.17, 15) is 14.7 Å². The topological polar surface area (TPSA) is 70.8 Å². The molecule has 4 saturated carbocycles. The predicted molar refractivity (Wildman–Crippen MR) is 188 cm³/mol. The summed E-state index contributed by atoms with van der Waals surface area (Å²) < 4.78 is 5.39. The van der Waals surface area contributed by atoms with Crippen LogP contribution in [0, 0.1) is 56.7 Å². The Bertz CT molecular complexity index is 1620. The van der Waals surface area contributed by atoms with E-state index < -0.39 is 5.97 Å². The van der Waals surface area contributed by atoms with E-state index in [0.29, 0.717) is 35.2 Å². The molecule has 0 bridgehead atoms. The normalized spacial score (nSPS) is 40.2. The predicted octanol–water partition coefficient (Wildman–Crippen LogP) is 10.3. The standard InChI is InChI=1S/C42H55NO4/c1-26(2)30-15-21-42(37(46)43(8)29-18-24-47-25-29)23-22-40(6)32(35(30)42)13-14-34-39(5)19-16-31(27-9-11-28(12-10-27)36(44)45)38(3,4)33(39)17-20-41(34,40)7/h9-12,16,18,24-25,30,32-35H,1,13-15,17,19-23H2,2-8H3,(H,44,45)/t30-,32+,33-,34+,35+,39-,40+,41+,42-/m0/s1. The fourth-order valence-electron chi connectivity index (χ4n) is 13.3. The van der Waals surface area contributed by atoms with Crippen LogP contribution >= 0.6 is 0 Å². The fraction of sp³-hybridized carbons (Fsp3) is 0.619. The van der Waals surface area contributed by atoms with Crippen molar-refractivity contribution in [2.24, 2.45) is 56.7 Å². The average Bonchev–Trinajstić information content (AvgIpc) is 3.70. The van der Waals surface area contributed by atoms with Gasteiger partial charge in [0.05, 0.1) is 22.9 Å². The number of anilines is 1. The van der Waals surface area contributed by atoms with E-state index in [1.807, 2.05) is 30.1 Å². The number of nitrogens with zero attached hydrogens (tertiary/aromatic N) is 1. The number of hydrogen-bond acceptors (Lipinski definition) is 3. The number of aromatic carboxylic acids is 1. The molecule has 5 aliphatic carbocycles. The van der Waals surface area contributed by atoms with Crippen LogP contribution in [0.15, 0.2) is 65.5 Å². The molecule has 1 amide bonds. The monoisotopic (exact) mass is 637 g/mol. The van der Waals surface area contributed by atoms with E-state index in [1.54, 1.807) is 24.7 Å². The van der Waals surface area contributed by atoms with Crippen molar-refractivity contribution in [3.8, 4) is 0 Å². The molecule has 9 atom stereocenters. The van der Waals surface area contributed by atoms with Gasteiger partial charge in [0.25, 0.3) is 0 Å². The van der Waals surface area contributed by atoms with Crippen molar-refractivity contribution in [3.05, 3.63) is 72.2 Å². The summed E-state index contributed by atoms with van der Waals surface area (Å²) in [7, 11) is 1.94. The number of furan rings is 1. The molecule has 0 aliphatic heterocycles. The Morgan fingerprint density at radius 2 is 1.62 bits per heavy atom. The Morgan fingerprint density at radius 3 is 2.26 bits per heavy atom. The van der Waals surface area contributed by atoms with Gasteiger partial charge < -0.3 is 14.4 Å². The first-order chi connectivity index (χ1) is 22.1. The molecule has 5 aliphatic rings. The highest BCUT2D eigenvalue weighted by Crippen LogP contribution is 2.78. The second-order valence-corrected chi connectivity index (χ2v) is 17.6. The van der Waals surface area contributed by atoms with Crippen LogP contribution in [0.1, 0.15) is 115 Å². The number of hydrogen-bond donors (Lipinski definition) is 1. The number of carboxylic acid groups (broad SMARTS) is 1. The zero-order chi connectivity index (χ0) is 33.7. The lowest BCUT2D eigenvalue weighted by Gasteiger charge is -2.72. The van der Waals surface area contributed by atoms with Gasteiger partial charge in [-0.1, -0.05) is 65.0 Å². The minimum Gasteiger partial charge on any atom is -0.478 e. The van der Waals surface area contributed by atoms with Crippen LogP contribution in [0.5, 0.6) is 0 Å². The van der Waals surface area contributed by atoms with Crippen molar-refractivity contribution in [1.29, 1.82) is 0 Å². The summed E-state index contributed by atoms with van der Waals surface area (Å²) in [4.78, 5) is 28.1. The minimum absolute atomic E-state index is 0.0148. The van der Waals surface area contributed by atoms with Crippen LogP contribution in [0.4, 0.5) is 5.69 Å². The van der Waals surface area contributed by atoms with Crippen molar-refractivity contribution in [2.75, 3.05) is 11.9 Å². The first kappa shape index (κ1) is 32.5. The Morgan fingerprint density at radius 1 is 0.894 bits per heavy atom.